The van der Waals surface area contributed by atoms with E-state index >= 15 is 0 Å². The quantitative estimate of drug-likeness (QED) is 0.816. The van der Waals surface area contributed by atoms with Crippen LogP contribution in [0.4, 0.5) is 26.3 Å². The van der Waals surface area contributed by atoms with Crippen molar-refractivity contribution in [2.24, 2.45) is 0 Å². The first-order valence-corrected chi connectivity index (χ1v) is 7.32. The zero-order valence-corrected chi connectivity index (χ0v) is 12.7. The lowest BCUT2D eigenvalue weighted by molar-refractivity contribution is -0.186. The van der Waals surface area contributed by atoms with Gasteiger partial charge in [0.05, 0.1) is 5.56 Å². The van der Waals surface area contributed by atoms with Crippen molar-refractivity contribution in [2.75, 3.05) is 13.1 Å². The van der Waals surface area contributed by atoms with Crippen molar-refractivity contribution >= 4 is 11.8 Å². The summed E-state index contributed by atoms with van der Waals surface area (Å²) in [5, 5.41) is 2.55. The molecule has 1 aromatic carbocycles. The smallest absolute Gasteiger partial charge is 0.349 e. The van der Waals surface area contributed by atoms with Gasteiger partial charge in [0.2, 0.25) is 0 Å². The Bertz CT molecular complexity index is 631. The summed E-state index contributed by atoms with van der Waals surface area (Å²) in [4.78, 5) is 23.8. The lowest BCUT2D eigenvalue weighted by Gasteiger charge is -2.32. The number of rotatable bonds is 2. The van der Waals surface area contributed by atoms with E-state index in [1.54, 1.807) is 0 Å². The zero-order chi connectivity index (χ0) is 18.8. The first-order valence-electron chi connectivity index (χ1n) is 7.32. The highest BCUT2D eigenvalue weighted by Crippen LogP contribution is 2.29. The molecule has 0 aliphatic carbocycles. The Labute approximate surface area is 138 Å². The van der Waals surface area contributed by atoms with Crippen LogP contribution in [-0.2, 0) is 11.0 Å². The summed E-state index contributed by atoms with van der Waals surface area (Å²) < 4.78 is 74.4. The molecule has 25 heavy (non-hydrogen) atoms. The maximum atomic E-state index is 12.5. The number of likely N-dealkylation sites (tertiary alicyclic amines) is 1. The number of piperidine rings is 1. The molecular weight excluding hydrogens is 354 g/mol. The van der Waals surface area contributed by atoms with Gasteiger partial charge in [-0.05, 0) is 37.1 Å². The molecule has 0 unspecified atom stereocenters. The summed E-state index contributed by atoms with van der Waals surface area (Å²) >= 11 is 0. The monoisotopic (exact) mass is 368 g/mol. The van der Waals surface area contributed by atoms with E-state index in [0.717, 1.165) is 24.3 Å². The van der Waals surface area contributed by atoms with E-state index in [1.165, 1.54) is 0 Å². The van der Waals surface area contributed by atoms with Crippen molar-refractivity contribution in [3.63, 3.8) is 0 Å². The van der Waals surface area contributed by atoms with Gasteiger partial charge >= 0.3 is 18.3 Å². The summed E-state index contributed by atoms with van der Waals surface area (Å²) in [5.74, 6) is -2.53. The summed E-state index contributed by atoms with van der Waals surface area (Å²) in [7, 11) is 0. The van der Waals surface area contributed by atoms with Gasteiger partial charge in [0, 0.05) is 24.7 Å². The average molecular weight is 368 g/mol. The van der Waals surface area contributed by atoms with Gasteiger partial charge < -0.3 is 10.2 Å². The SMILES string of the molecule is O=C(NC1CCN(C(=O)C(F)(F)F)CC1)c1ccc(C(F)(F)F)cc1. The van der Waals surface area contributed by atoms with Crippen LogP contribution in [0.25, 0.3) is 0 Å². The van der Waals surface area contributed by atoms with Crippen LogP contribution >= 0.6 is 0 Å². The normalized spacial score (nSPS) is 16.6. The molecule has 1 heterocycles. The average Bonchev–Trinajstić information content (AvgIpc) is 2.53. The van der Waals surface area contributed by atoms with E-state index in [9.17, 15) is 35.9 Å². The number of benzene rings is 1. The topological polar surface area (TPSA) is 49.4 Å². The number of amides is 2. The minimum atomic E-state index is -4.93. The highest BCUT2D eigenvalue weighted by molar-refractivity contribution is 5.94. The number of halogens is 6. The van der Waals surface area contributed by atoms with E-state index in [4.69, 9.17) is 0 Å². The molecule has 1 fully saturated rings. The number of carbonyl (C=O) groups excluding carboxylic acids is 2. The molecule has 0 aromatic heterocycles. The van der Waals surface area contributed by atoms with Crippen molar-refractivity contribution in [3.8, 4) is 0 Å². The summed E-state index contributed by atoms with van der Waals surface area (Å²) in [5.41, 5.74) is -0.871. The fourth-order valence-corrected chi connectivity index (χ4v) is 2.49. The van der Waals surface area contributed by atoms with Gasteiger partial charge in [-0.2, -0.15) is 26.3 Å². The van der Waals surface area contributed by atoms with Crippen LogP contribution in [0.2, 0.25) is 0 Å². The molecule has 4 nitrogen and oxygen atoms in total. The van der Waals surface area contributed by atoms with E-state index < -0.39 is 35.8 Å². The summed E-state index contributed by atoms with van der Waals surface area (Å²) in [6.07, 6.45) is -9.18. The molecule has 0 spiro atoms. The van der Waals surface area contributed by atoms with Crippen LogP contribution in [0.3, 0.4) is 0 Å². The van der Waals surface area contributed by atoms with E-state index in [0.29, 0.717) is 4.90 Å². The molecule has 0 atom stereocenters. The van der Waals surface area contributed by atoms with E-state index in [2.05, 4.69) is 5.32 Å². The summed E-state index contributed by atoms with van der Waals surface area (Å²) in [6, 6.07) is 3.16. The van der Waals surface area contributed by atoms with Crippen molar-refractivity contribution in [1.82, 2.24) is 10.2 Å². The van der Waals surface area contributed by atoms with Crippen molar-refractivity contribution in [1.29, 1.82) is 0 Å². The number of hydrogen-bond acceptors (Lipinski definition) is 2. The molecule has 1 aliphatic rings. The predicted octanol–water partition coefficient (Wildman–Crippen LogP) is 2.99. The lowest BCUT2D eigenvalue weighted by Crippen LogP contribution is -2.50. The molecule has 2 rings (SSSR count). The standard InChI is InChI=1S/C15H14F6N2O2/c16-14(17,18)10-3-1-9(2-4-10)12(24)22-11-5-7-23(8-6-11)13(25)15(19,20)21/h1-4,11H,5-8H2,(H,22,24). The maximum Gasteiger partial charge on any atom is 0.471 e. The van der Waals surface area contributed by atoms with Crippen LogP contribution in [0.5, 0.6) is 0 Å². The molecule has 0 radical (unpaired) electrons. The molecule has 1 aromatic rings. The number of alkyl halides is 6. The second-order valence-corrected chi connectivity index (χ2v) is 5.61. The maximum absolute atomic E-state index is 12.5. The second kappa shape index (κ2) is 6.93. The Morgan fingerprint density at radius 1 is 0.960 bits per heavy atom. The van der Waals surface area contributed by atoms with Crippen LogP contribution in [0.15, 0.2) is 24.3 Å². The van der Waals surface area contributed by atoms with Gasteiger partial charge in [0.1, 0.15) is 0 Å². The van der Waals surface area contributed by atoms with Crippen LogP contribution in [0, 0.1) is 0 Å². The minimum absolute atomic E-state index is 0.0156. The van der Waals surface area contributed by atoms with Crippen LogP contribution in [-0.4, -0.2) is 42.0 Å². The van der Waals surface area contributed by atoms with E-state index in [1.807, 2.05) is 0 Å². The van der Waals surface area contributed by atoms with Gasteiger partial charge in [-0.25, -0.2) is 0 Å². The van der Waals surface area contributed by atoms with Gasteiger partial charge in [0.25, 0.3) is 5.91 Å². The second-order valence-electron chi connectivity index (χ2n) is 5.61. The highest BCUT2D eigenvalue weighted by atomic mass is 19.4. The highest BCUT2D eigenvalue weighted by Gasteiger charge is 2.43. The number of carbonyl (C=O) groups is 2. The third-order valence-electron chi connectivity index (χ3n) is 3.83. The van der Waals surface area contributed by atoms with Gasteiger partial charge in [-0.1, -0.05) is 0 Å². The molecule has 138 valence electrons. The van der Waals surface area contributed by atoms with Crippen molar-refractivity contribution < 1.29 is 35.9 Å². The Kier molecular flexibility index (Phi) is 5.28. The predicted molar refractivity (Wildman–Crippen MR) is 74.6 cm³/mol. The molecular formula is C15H14F6N2O2. The molecule has 1 saturated heterocycles. The Morgan fingerprint density at radius 2 is 1.48 bits per heavy atom. The Morgan fingerprint density at radius 3 is 1.92 bits per heavy atom. The lowest BCUT2D eigenvalue weighted by atomic mass is 10.0. The van der Waals surface area contributed by atoms with Crippen molar-refractivity contribution in [2.45, 2.75) is 31.2 Å². The van der Waals surface area contributed by atoms with Gasteiger partial charge in [0.15, 0.2) is 0 Å². The van der Waals surface area contributed by atoms with Crippen LogP contribution < -0.4 is 5.32 Å². The molecule has 0 bridgehead atoms. The Balaban J connectivity index is 1.89. The molecule has 2 amide bonds. The van der Waals surface area contributed by atoms with Gasteiger partial charge in [-0.3, -0.25) is 9.59 Å². The molecule has 1 N–H and O–H groups in total. The van der Waals surface area contributed by atoms with E-state index in [-0.39, 0.29) is 31.5 Å². The minimum Gasteiger partial charge on any atom is -0.349 e. The number of hydrogen-bond donors (Lipinski definition) is 1. The first kappa shape index (κ1) is 19.1. The fraction of sp³-hybridized carbons (Fsp3) is 0.467. The largest absolute Gasteiger partial charge is 0.471 e. The zero-order valence-electron chi connectivity index (χ0n) is 12.7. The fourth-order valence-electron chi connectivity index (χ4n) is 2.49. The van der Waals surface area contributed by atoms with Crippen LogP contribution in [0.1, 0.15) is 28.8 Å². The molecule has 10 heteroatoms. The van der Waals surface area contributed by atoms with Gasteiger partial charge in [-0.15, -0.1) is 0 Å². The summed E-state index contributed by atoms with van der Waals surface area (Å²) in [6.45, 7) is -0.313. The Hall–Kier alpha value is -2.26. The molecule has 1 aliphatic heterocycles. The molecule has 0 saturated carbocycles. The third-order valence-corrected chi connectivity index (χ3v) is 3.83. The number of nitrogens with one attached hydrogen (secondary N) is 1. The number of nitrogens with zero attached hydrogens (tertiary/aromatic N) is 1. The van der Waals surface area contributed by atoms with Crippen molar-refractivity contribution in [3.05, 3.63) is 35.4 Å². The third kappa shape index (κ3) is 4.86. The first-order chi connectivity index (χ1) is 11.5.